The number of nitro groups is 1. The quantitative estimate of drug-likeness (QED) is 0.401. The third-order valence-electron chi connectivity index (χ3n) is 3.05. The third kappa shape index (κ3) is 3.17. The molecule has 6 nitrogen and oxygen atoms in total. The summed E-state index contributed by atoms with van der Waals surface area (Å²) in [7, 11) is 1.24. The molecule has 8 heteroatoms. The van der Waals surface area contributed by atoms with E-state index in [1.165, 1.54) is 42.3 Å². The van der Waals surface area contributed by atoms with Gasteiger partial charge in [-0.1, -0.05) is 23.9 Å². The minimum Gasteiger partial charge on any atom is -0.465 e. The van der Waals surface area contributed by atoms with Crippen LogP contribution in [-0.2, 0) is 4.74 Å². The van der Waals surface area contributed by atoms with Crippen molar-refractivity contribution in [1.82, 2.24) is 4.98 Å². The van der Waals surface area contributed by atoms with Crippen LogP contribution in [0.4, 0.5) is 5.69 Å². The Hall–Kier alpha value is -2.45. The third-order valence-corrected chi connectivity index (χ3v) is 5.22. The Morgan fingerprint density at radius 2 is 2.09 bits per heavy atom. The predicted octanol–water partition coefficient (Wildman–Crippen LogP) is 4.14. The van der Waals surface area contributed by atoms with Crippen LogP contribution in [-0.4, -0.2) is 23.0 Å². The van der Waals surface area contributed by atoms with E-state index in [1.54, 1.807) is 6.07 Å². The van der Waals surface area contributed by atoms with Gasteiger partial charge in [-0.25, -0.2) is 9.78 Å². The fourth-order valence-electron chi connectivity index (χ4n) is 1.98. The lowest BCUT2D eigenvalue weighted by Crippen LogP contribution is -2.04. The van der Waals surface area contributed by atoms with E-state index in [2.05, 4.69) is 4.98 Å². The molecule has 116 valence electrons. The molecule has 0 amide bonds. The van der Waals surface area contributed by atoms with Gasteiger partial charge < -0.3 is 4.74 Å². The smallest absolute Gasteiger partial charge is 0.339 e. The lowest BCUT2D eigenvalue weighted by molar-refractivity contribution is -0.384. The van der Waals surface area contributed by atoms with Gasteiger partial charge in [-0.05, 0) is 18.2 Å². The molecule has 3 rings (SSSR count). The van der Waals surface area contributed by atoms with Crippen molar-refractivity contribution >= 4 is 45.0 Å². The normalized spacial score (nSPS) is 10.7. The number of rotatable bonds is 4. The van der Waals surface area contributed by atoms with Gasteiger partial charge in [0.1, 0.15) is 0 Å². The number of benzene rings is 2. The molecule has 0 unspecified atom stereocenters. The van der Waals surface area contributed by atoms with Gasteiger partial charge in [0.25, 0.3) is 5.69 Å². The fraction of sp³-hybridized carbons (Fsp3) is 0.0667. The van der Waals surface area contributed by atoms with Crippen LogP contribution < -0.4 is 0 Å². The van der Waals surface area contributed by atoms with Crippen molar-refractivity contribution < 1.29 is 14.5 Å². The van der Waals surface area contributed by atoms with Gasteiger partial charge in [0.15, 0.2) is 4.34 Å². The summed E-state index contributed by atoms with van der Waals surface area (Å²) < 4.78 is 6.51. The minimum atomic E-state index is -0.614. The second-order valence-corrected chi connectivity index (χ2v) is 6.80. The SMILES string of the molecule is COC(=O)c1cc([N+](=O)[O-])ccc1Sc1nc2ccccc2s1. The van der Waals surface area contributed by atoms with E-state index < -0.39 is 10.9 Å². The summed E-state index contributed by atoms with van der Waals surface area (Å²) in [6.45, 7) is 0. The van der Waals surface area contributed by atoms with Crippen molar-refractivity contribution in [2.75, 3.05) is 7.11 Å². The first-order valence-electron chi connectivity index (χ1n) is 6.48. The van der Waals surface area contributed by atoms with E-state index >= 15 is 0 Å². The van der Waals surface area contributed by atoms with Crippen LogP contribution in [0.3, 0.4) is 0 Å². The van der Waals surface area contributed by atoms with Gasteiger partial charge >= 0.3 is 5.97 Å². The number of hydrogen-bond donors (Lipinski definition) is 0. The Bertz CT molecular complexity index is 874. The van der Waals surface area contributed by atoms with Crippen LogP contribution in [0.25, 0.3) is 10.2 Å². The van der Waals surface area contributed by atoms with E-state index in [9.17, 15) is 14.9 Å². The monoisotopic (exact) mass is 346 g/mol. The van der Waals surface area contributed by atoms with Crippen LogP contribution in [0.5, 0.6) is 0 Å². The second kappa shape index (κ2) is 6.35. The van der Waals surface area contributed by atoms with E-state index in [-0.39, 0.29) is 11.3 Å². The Labute approximate surface area is 139 Å². The number of thiazole rings is 1. The average Bonchev–Trinajstić information content (AvgIpc) is 2.96. The molecule has 0 spiro atoms. The van der Waals surface area contributed by atoms with Gasteiger partial charge in [0.2, 0.25) is 0 Å². The number of para-hydroxylation sites is 1. The first kappa shape index (κ1) is 15.4. The molecular formula is C15H10N2O4S2. The average molecular weight is 346 g/mol. The zero-order valence-electron chi connectivity index (χ0n) is 11.9. The number of ether oxygens (including phenoxy) is 1. The fourth-order valence-corrected chi connectivity index (χ4v) is 4.10. The van der Waals surface area contributed by atoms with Crippen molar-refractivity contribution in [2.24, 2.45) is 0 Å². The van der Waals surface area contributed by atoms with Crippen LogP contribution in [0.2, 0.25) is 0 Å². The largest absolute Gasteiger partial charge is 0.465 e. The number of nitrogens with zero attached hydrogens (tertiary/aromatic N) is 2. The van der Waals surface area contributed by atoms with Crippen molar-refractivity contribution in [3.05, 3.63) is 58.1 Å². The molecule has 0 bridgehead atoms. The minimum absolute atomic E-state index is 0.154. The zero-order chi connectivity index (χ0) is 16.4. The van der Waals surface area contributed by atoms with Gasteiger partial charge in [-0.2, -0.15) is 0 Å². The van der Waals surface area contributed by atoms with Gasteiger partial charge in [-0.15, -0.1) is 11.3 Å². The topological polar surface area (TPSA) is 82.3 Å². The zero-order valence-corrected chi connectivity index (χ0v) is 13.5. The Morgan fingerprint density at radius 1 is 1.30 bits per heavy atom. The van der Waals surface area contributed by atoms with E-state index in [4.69, 9.17) is 4.74 Å². The molecular weight excluding hydrogens is 336 g/mol. The number of non-ortho nitro benzene ring substituents is 1. The van der Waals surface area contributed by atoms with E-state index in [0.717, 1.165) is 14.6 Å². The molecule has 3 aromatic rings. The molecule has 0 atom stereocenters. The van der Waals surface area contributed by atoms with Gasteiger partial charge in [-0.3, -0.25) is 10.1 Å². The number of hydrogen-bond acceptors (Lipinski definition) is 7. The summed E-state index contributed by atoms with van der Waals surface area (Å²) in [5.41, 5.74) is 0.881. The van der Waals surface area contributed by atoms with Crippen molar-refractivity contribution in [2.45, 2.75) is 9.24 Å². The lowest BCUT2D eigenvalue weighted by atomic mass is 10.2. The molecule has 0 aliphatic carbocycles. The highest BCUT2D eigenvalue weighted by atomic mass is 32.2. The summed E-state index contributed by atoms with van der Waals surface area (Å²) in [5.74, 6) is -0.614. The first-order chi connectivity index (χ1) is 11.1. The van der Waals surface area contributed by atoms with Crippen LogP contribution >= 0.6 is 23.1 Å². The molecule has 2 aromatic carbocycles. The molecule has 1 heterocycles. The van der Waals surface area contributed by atoms with Crippen LogP contribution in [0.1, 0.15) is 10.4 Å². The maximum Gasteiger partial charge on any atom is 0.339 e. The number of methoxy groups -OCH3 is 1. The molecule has 0 fully saturated rings. The van der Waals surface area contributed by atoms with E-state index in [0.29, 0.717) is 4.90 Å². The van der Waals surface area contributed by atoms with Crippen LogP contribution in [0.15, 0.2) is 51.7 Å². The maximum atomic E-state index is 11.9. The van der Waals surface area contributed by atoms with E-state index in [1.807, 2.05) is 24.3 Å². The summed E-state index contributed by atoms with van der Waals surface area (Å²) in [6, 6.07) is 11.8. The Balaban J connectivity index is 2.01. The van der Waals surface area contributed by atoms with Gasteiger partial charge in [0, 0.05) is 17.0 Å². The molecule has 1 aromatic heterocycles. The number of esters is 1. The Kier molecular flexibility index (Phi) is 4.26. The summed E-state index contributed by atoms with van der Waals surface area (Å²) in [4.78, 5) is 27.3. The first-order valence-corrected chi connectivity index (χ1v) is 8.12. The van der Waals surface area contributed by atoms with Crippen LogP contribution in [0, 0.1) is 10.1 Å². The van der Waals surface area contributed by atoms with Crippen molar-refractivity contribution in [3.63, 3.8) is 0 Å². The molecule has 0 saturated heterocycles. The Morgan fingerprint density at radius 3 is 2.78 bits per heavy atom. The molecule has 0 aliphatic rings. The van der Waals surface area contributed by atoms with Crippen molar-refractivity contribution in [1.29, 1.82) is 0 Å². The summed E-state index contributed by atoms with van der Waals surface area (Å²) in [6.07, 6.45) is 0. The molecule has 23 heavy (non-hydrogen) atoms. The van der Waals surface area contributed by atoms with Gasteiger partial charge in [0.05, 0.1) is 27.8 Å². The number of carbonyl (C=O) groups excluding carboxylic acids is 1. The number of aromatic nitrogens is 1. The number of fused-ring (bicyclic) bond motifs is 1. The lowest BCUT2D eigenvalue weighted by Gasteiger charge is -2.05. The number of nitro benzene ring substituents is 1. The highest BCUT2D eigenvalue weighted by Gasteiger charge is 2.19. The molecule has 0 N–H and O–H groups in total. The highest BCUT2D eigenvalue weighted by molar-refractivity contribution is 8.01. The molecule has 0 saturated carbocycles. The summed E-state index contributed by atoms with van der Waals surface area (Å²) in [5, 5.41) is 10.9. The maximum absolute atomic E-state index is 11.9. The molecule has 0 radical (unpaired) electrons. The summed E-state index contributed by atoms with van der Waals surface area (Å²) >= 11 is 2.78. The highest BCUT2D eigenvalue weighted by Crippen LogP contribution is 2.37. The van der Waals surface area contributed by atoms with Crippen molar-refractivity contribution in [3.8, 4) is 0 Å². The predicted molar refractivity (Wildman–Crippen MR) is 88.2 cm³/mol. The number of carbonyl (C=O) groups is 1. The molecule has 0 aliphatic heterocycles. The second-order valence-electron chi connectivity index (χ2n) is 4.48. The standard InChI is InChI=1S/C15H10N2O4S2/c1-21-14(18)10-8-9(17(19)20)6-7-12(10)22-15-16-11-4-2-3-5-13(11)23-15/h2-8H,1H3.